The van der Waals surface area contributed by atoms with E-state index in [0.717, 1.165) is 5.56 Å². The third-order valence-corrected chi connectivity index (χ3v) is 2.23. The number of benzene rings is 1. The second-order valence-electron chi connectivity index (χ2n) is 3.37. The summed E-state index contributed by atoms with van der Waals surface area (Å²) >= 11 is 0. The Labute approximate surface area is 101 Å². The van der Waals surface area contributed by atoms with Gasteiger partial charge in [0.25, 0.3) is 0 Å². The van der Waals surface area contributed by atoms with Gasteiger partial charge in [0.1, 0.15) is 0 Å². The van der Waals surface area contributed by atoms with Crippen molar-refractivity contribution in [3.8, 4) is 17.2 Å². The normalized spacial score (nSPS) is 10.4. The van der Waals surface area contributed by atoms with Crippen molar-refractivity contribution in [1.29, 1.82) is 0 Å². The van der Waals surface area contributed by atoms with Gasteiger partial charge in [0.05, 0.1) is 21.3 Å². The van der Waals surface area contributed by atoms with E-state index in [1.807, 2.05) is 0 Å². The first-order valence-electron chi connectivity index (χ1n) is 5.11. The van der Waals surface area contributed by atoms with Crippen molar-refractivity contribution in [3.05, 3.63) is 23.8 Å². The Morgan fingerprint density at radius 1 is 1.06 bits per heavy atom. The van der Waals surface area contributed by atoms with Crippen LogP contribution < -0.4 is 14.2 Å². The van der Waals surface area contributed by atoms with Crippen LogP contribution in [-0.2, 0) is 4.79 Å². The molecule has 0 spiro atoms. The van der Waals surface area contributed by atoms with Crippen molar-refractivity contribution in [2.24, 2.45) is 0 Å². The van der Waals surface area contributed by atoms with Crippen molar-refractivity contribution in [3.63, 3.8) is 0 Å². The molecule has 0 unspecified atom stereocenters. The van der Waals surface area contributed by atoms with Crippen LogP contribution in [-0.4, -0.2) is 27.1 Å². The fourth-order valence-corrected chi connectivity index (χ4v) is 1.46. The first-order valence-corrected chi connectivity index (χ1v) is 5.11. The lowest BCUT2D eigenvalue weighted by atomic mass is 10.1. The molecule has 0 saturated heterocycles. The number of rotatable bonds is 5. The van der Waals surface area contributed by atoms with Gasteiger partial charge in [-0.25, -0.2) is 0 Å². The molecular weight excluding hydrogens is 220 g/mol. The van der Waals surface area contributed by atoms with Crippen LogP contribution in [0.5, 0.6) is 17.2 Å². The predicted molar refractivity (Wildman–Crippen MR) is 65.8 cm³/mol. The molecule has 0 N–H and O–H groups in total. The van der Waals surface area contributed by atoms with Crippen LogP contribution in [0.15, 0.2) is 18.2 Å². The molecule has 4 heteroatoms. The Bertz CT molecular complexity index is 435. The van der Waals surface area contributed by atoms with E-state index in [1.54, 1.807) is 39.5 Å². The number of allylic oxidation sites excluding steroid dienone is 1. The maximum atomic E-state index is 10.9. The fourth-order valence-electron chi connectivity index (χ4n) is 1.46. The zero-order valence-corrected chi connectivity index (χ0v) is 10.4. The van der Waals surface area contributed by atoms with E-state index in [9.17, 15) is 4.79 Å². The van der Waals surface area contributed by atoms with Crippen LogP contribution in [0.2, 0.25) is 0 Å². The molecule has 0 aliphatic carbocycles. The molecule has 0 saturated carbocycles. The van der Waals surface area contributed by atoms with E-state index in [4.69, 9.17) is 14.2 Å². The van der Waals surface area contributed by atoms with E-state index < -0.39 is 0 Å². The Morgan fingerprint density at radius 2 is 1.71 bits per heavy atom. The van der Waals surface area contributed by atoms with Gasteiger partial charge < -0.3 is 14.2 Å². The lowest BCUT2D eigenvalue weighted by Gasteiger charge is -2.13. The molecule has 0 bridgehead atoms. The molecule has 0 fully saturated rings. The lowest BCUT2D eigenvalue weighted by Crippen LogP contribution is -1.96. The number of ketones is 1. The quantitative estimate of drug-likeness (QED) is 0.736. The summed E-state index contributed by atoms with van der Waals surface area (Å²) in [5, 5.41) is 0. The molecule has 4 nitrogen and oxygen atoms in total. The van der Waals surface area contributed by atoms with Crippen LogP contribution in [0.25, 0.3) is 6.08 Å². The molecule has 1 rings (SSSR count). The van der Waals surface area contributed by atoms with Crippen molar-refractivity contribution in [1.82, 2.24) is 0 Å². The molecule has 0 radical (unpaired) electrons. The number of hydrogen-bond acceptors (Lipinski definition) is 4. The van der Waals surface area contributed by atoms with Gasteiger partial charge in [-0.2, -0.15) is 0 Å². The maximum Gasteiger partial charge on any atom is 0.203 e. The molecule has 17 heavy (non-hydrogen) atoms. The van der Waals surface area contributed by atoms with Gasteiger partial charge in [0.2, 0.25) is 5.75 Å². The molecule has 0 aromatic heterocycles. The molecule has 0 amide bonds. The number of ether oxygens (including phenoxy) is 3. The Balaban J connectivity index is 3.28. The second-order valence-corrected chi connectivity index (χ2v) is 3.37. The van der Waals surface area contributed by atoms with Crippen molar-refractivity contribution in [2.75, 3.05) is 21.3 Å². The molecule has 0 aliphatic heterocycles. The van der Waals surface area contributed by atoms with Gasteiger partial charge in [-0.05, 0) is 31.2 Å². The standard InChI is InChI=1S/C13H16O4/c1-9(14)5-6-10-7-8-11(15-2)13(17-4)12(10)16-3/h5-8H,1-4H3. The largest absolute Gasteiger partial charge is 0.493 e. The summed E-state index contributed by atoms with van der Waals surface area (Å²) in [6, 6.07) is 3.57. The Kier molecular flexibility index (Phi) is 4.57. The van der Waals surface area contributed by atoms with Gasteiger partial charge >= 0.3 is 0 Å². The van der Waals surface area contributed by atoms with Crippen LogP contribution in [0, 0.1) is 0 Å². The second kappa shape index (κ2) is 5.94. The van der Waals surface area contributed by atoms with Gasteiger partial charge in [0, 0.05) is 5.56 Å². The Hall–Kier alpha value is -1.97. The van der Waals surface area contributed by atoms with Crippen LogP contribution in [0.3, 0.4) is 0 Å². The minimum atomic E-state index is -0.0261. The molecule has 0 aliphatic rings. The minimum Gasteiger partial charge on any atom is -0.493 e. The zero-order valence-electron chi connectivity index (χ0n) is 10.4. The molecule has 0 heterocycles. The Morgan fingerprint density at radius 3 is 2.18 bits per heavy atom. The number of carbonyl (C=O) groups is 1. The van der Waals surface area contributed by atoms with Crippen molar-refractivity contribution in [2.45, 2.75) is 6.92 Å². The summed E-state index contributed by atoms with van der Waals surface area (Å²) in [5.41, 5.74) is 0.764. The topological polar surface area (TPSA) is 44.8 Å². The SMILES string of the molecule is COc1ccc(C=CC(C)=O)c(OC)c1OC. The highest BCUT2D eigenvalue weighted by molar-refractivity contribution is 5.92. The van der Waals surface area contributed by atoms with E-state index in [0.29, 0.717) is 17.2 Å². The fraction of sp³-hybridized carbons (Fsp3) is 0.308. The van der Waals surface area contributed by atoms with Crippen LogP contribution in [0.1, 0.15) is 12.5 Å². The van der Waals surface area contributed by atoms with Gasteiger partial charge in [0.15, 0.2) is 17.3 Å². The van der Waals surface area contributed by atoms with E-state index in [2.05, 4.69) is 0 Å². The monoisotopic (exact) mass is 236 g/mol. The van der Waals surface area contributed by atoms with Crippen LogP contribution >= 0.6 is 0 Å². The summed E-state index contributed by atoms with van der Waals surface area (Å²) in [6.07, 6.45) is 3.16. The number of carbonyl (C=O) groups excluding carboxylic acids is 1. The molecule has 0 atom stereocenters. The third kappa shape index (κ3) is 3.00. The molecule has 1 aromatic carbocycles. The first-order chi connectivity index (χ1) is 8.13. The van der Waals surface area contributed by atoms with Crippen molar-refractivity contribution < 1.29 is 19.0 Å². The summed E-state index contributed by atoms with van der Waals surface area (Å²) in [7, 11) is 4.64. The smallest absolute Gasteiger partial charge is 0.203 e. The average molecular weight is 236 g/mol. The van der Waals surface area contributed by atoms with Gasteiger partial charge in [-0.3, -0.25) is 4.79 Å². The zero-order chi connectivity index (χ0) is 12.8. The minimum absolute atomic E-state index is 0.0261. The summed E-state index contributed by atoms with van der Waals surface area (Å²) in [4.78, 5) is 10.9. The highest BCUT2D eigenvalue weighted by atomic mass is 16.5. The predicted octanol–water partition coefficient (Wildman–Crippen LogP) is 2.31. The summed E-state index contributed by atoms with van der Waals surface area (Å²) in [5.74, 6) is 1.62. The van der Waals surface area contributed by atoms with E-state index in [-0.39, 0.29) is 5.78 Å². The highest BCUT2D eigenvalue weighted by Gasteiger charge is 2.13. The van der Waals surface area contributed by atoms with E-state index >= 15 is 0 Å². The first kappa shape index (κ1) is 13.1. The lowest BCUT2D eigenvalue weighted by molar-refractivity contribution is -0.112. The number of hydrogen-bond donors (Lipinski definition) is 0. The molecule has 92 valence electrons. The number of methoxy groups -OCH3 is 3. The maximum absolute atomic E-state index is 10.9. The van der Waals surface area contributed by atoms with Gasteiger partial charge in [-0.15, -0.1) is 0 Å². The third-order valence-electron chi connectivity index (χ3n) is 2.23. The summed E-state index contributed by atoms with van der Waals surface area (Å²) < 4.78 is 15.7. The van der Waals surface area contributed by atoms with Crippen LogP contribution in [0.4, 0.5) is 0 Å². The summed E-state index contributed by atoms with van der Waals surface area (Å²) in [6.45, 7) is 1.49. The van der Waals surface area contributed by atoms with E-state index in [1.165, 1.54) is 13.0 Å². The molecule has 1 aromatic rings. The average Bonchev–Trinajstić information content (AvgIpc) is 2.34. The molecular formula is C13H16O4. The van der Waals surface area contributed by atoms with Gasteiger partial charge in [-0.1, -0.05) is 0 Å². The van der Waals surface area contributed by atoms with Crippen molar-refractivity contribution >= 4 is 11.9 Å². The highest BCUT2D eigenvalue weighted by Crippen LogP contribution is 2.40.